The number of hydrogen-bond acceptors (Lipinski definition) is 4. The molecule has 3 aliphatic rings. The molecule has 4 rings (SSSR count). The number of fused-ring (bicyclic) bond motifs is 1. The lowest BCUT2D eigenvalue weighted by molar-refractivity contribution is 0.0228. The normalized spacial score (nSPS) is 23.1. The lowest BCUT2D eigenvalue weighted by Crippen LogP contribution is -2.44. The van der Waals surface area contributed by atoms with Crippen molar-refractivity contribution < 1.29 is 13.9 Å². The topological polar surface area (TPSA) is 30.9 Å². The number of rotatable bonds is 6. The summed E-state index contributed by atoms with van der Waals surface area (Å²) in [5, 5.41) is 0.144. The molecule has 1 saturated heterocycles. The first-order valence-electron chi connectivity index (χ1n) is 12.6. The maximum atomic E-state index is 6.78. The molecule has 4 nitrogen and oxygen atoms in total. The first-order chi connectivity index (χ1) is 15.2. The minimum absolute atomic E-state index is 0.144. The number of methoxy groups -OCH3 is 1. The Kier molecular flexibility index (Phi) is 7.09. The average Bonchev–Trinajstić information content (AvgIpc) is 3.10. The van der Waals surface area contributed by atoms with Gasteiger partial charge in [0, 0.05) is 13.1 Å². The number of morpholine rings is 1. The van der Waals surface area contributed by atoms with Crippen LogP contribution in [-0.2, 0) is 4.74 Å². The SMILES string of the molecule is COc1cc2c(cc1O[Si](C)(C)C(C)(C)C)C(N1CCOCC1)C(CC1CCCCC1)=C2. The van der Waals surface area contributed by atoms with Gasteiger partial charge in [0.1, 0.15) is 5.75 Å². The van der Waals surface area contributed by atoms with Crippen LogP contribution in [0.2, 0.25) is 18.1 Å². The minimum atomic E-state index is -1.97. The molecule has 1 atom stereocenters. The molecule has 178 valence electrons. The molecule has 0 bridgehead atoms. The Labute approximate surface area is 196 Å². The molecular weight excluding hydrogens is 414 g/mol. The molecule has 0 N–H and O–H groups in total. The first kappa shape index (κ1) is 23.8. The van der Waals surface area contributed by atoms with Crippen LogP contribution in [0.5, 0.6) is 11.5 Å². The Morgan fingerprint density at radius 1 is 1.03 bits per heavy atom. The number of benzene rings is 1. The third-order valence-corrected chi connectivity index (χ3v) is 12.5. The van der Waals surface area contributed by atoms with Crippen molar-refractivity contribution in [1.82, 2.24) is 4.90 Å². The molecule has 1 aromatic carbocycles. The van der Waals surface area contributed by atoms with E-state index in [2.05, 4.69) is 57.0 Å². The first-order valence-corrected chi connectivity index (χ1v) is 15.5. The average molecular weight is 458 g/mol. The van der Waals surface area contributed by atoms with E-state index in [1.165, 1.54) is 49.7 Å². The molecular formula is C27H43NO3Si. The van der Waals surface area contributed by atoms with E-state index < -0.39 is 8.32 Å². The van der Waals surface area contributed by atoms with E-state index in [0.29, 0.717) is 6.04 Å². The molecule has 1 aromatic rings. The second-order valence-electron chi connectivity index (χ2n) is 11.5. The van der Waals surface area contributed by atoms with Crippen molar-refractivity contribution in [3.63, 3.8) is 0 Å². The van der Waals surface area contributed by atoms with Gasteiger partial charge in [-0.25, -0.2) is 0 Å². The zero-order valence-corrected chi connectivity index (χ0v) is 22.1. The van der Waals surface area contributed by atoms with Crippen LogP contribution in [0.4, 0.5) is 0 Å². The molecule has 1 aliphatic heterocycles. The van der Waals surface area contributed by atoms with Gasteiger partial charge in [-0.05, 0) is 59.3 Å². The number of ether oxygens (including phenoxy) is 2. The van der Waals surface area contributed by atoms with E-state index in [9.17, 15) is 0 Å². The second kappa shape index (κ2) is 9.52. The summed E-state index contributed by atoms with van der Waals surface area (Å²) >= 11 is 0. The van der Waals surface area contributed by atoms with E-state index in [0.717, 1.165) is 43.7 Å². The summed E-state index contributed by atoms with van der Waals surface area (Å²) in [6.45, 7) is 15.1. The standard InChI is InChI=1S/C27H43NO3Si/c1-27(2,3)32(5,6)31-25-19-23-21(18-24(25)29-4)17-22(16-20-10-8-7-9-11-20)26(23)28-12-14-30-15-13-28/h17-20,26H,7-16H2,1-6H3. The van der Waals surface area contributed by atoms with Gasteiger partial charge in [-0.15, -0.1) is 0 Å². The van der Waals surface area contributed by atoms with Gasteiger partial charge in [0.15, 0.2) is 5.75 Å². The van der Waals surface area contributed by atoms with Crippen LogP contribution in [0, 0.1) is 5.92 Å². The molecule has 0 spiro atoms. The highest BCUT2D eigenvalue weighted by Crippen LogP contribution is 2.48. The van der Waals surface area contributed by atoms with Crippen molar-refractivity contribution in [1.29, 1.82) is 0 Å². The fraction of sp³-hybridized carbons (Fsp3) is 0.704. The van der Waals surface area contributed by atoms with Crippen molar-refractivity contribution in [2.24, 2.45) is 5.92 Å². The Morgan fingerprint density at radius 2 is 1.72 bits per heavy atom. The van der Waals surface area contributed by atoms with Gasteiger partial charge < -0.3 is 13.9 Å². The van der Waals surface area contributed by atoms with Crippen molar-refractivity contribution in [2.75, 3.05) is 33.4 Å². The summed E-state index contributed by atoms with van der Waals surface area (Å²) in [5.74, 6) is 2.62. The van der Waals surface area contributed by atoms with Crippen molar-refractivity contribution in [3.8, 4) is 11.5 Å². The van der Waals surface area contributed by atoms with Gasteiger partial charge in [0.25, 0.3) is 8.32 Å². The number of nitrogens with zero attached hydrogens (tertiary/aromatic N) is 1. The lowest BCUT2D eigenvalue weighted by atomic mass is 9.83. The van der Waals surface area contributed by atoms with Gasteiger partial charge in [-0.1, -0.05) is 59.0 Å². The molecule has 2 fully saturated rings. The lowest BCUT2D eigenvalue weighted by Gasteiger charge is -2.38. The van der Waals surface area contributed by atoms with Crippen LogP contribution in [0.25, 0.3) is 6.08 Å². The highest BCUT2D eigenvalue weighted by atomic mass is 28.4. The molecule has 32 heavy (non-hydrogen) atoms. The smallest absolute Gasteiger partial charge is 0.250 e. The predicted octanol–water partition coefficient (Wildman–Crippen LogP) is 6.82. The summed E-state index contributed by atoms with van der Waals surface area (Å²) in [5.41, 5.74) is 4.29. The molecule has 2 aliphatic carbocycles. The third kappa shape index (κ3) is 4.95. The van der Waals surface area contributed by atoms with E-state index in [1.807, 2.05) is 0 Å². The maximum Gasteiger partial charge on any atom is 0.250 e. The van der Waals surface area contributed by atoms with E-state index >= 15 is 0 Å². The fourth-order valence-corrected chi connectivity index (χ4v) is 6.28. The molecule has 0 aromatic heterocycles. The van der Waals surface area contributed by atoms with Crippen LogP contribution in [0.15, 0.2) is 17.7 Å². The summed E-state index contributed by atoms with van der Waals surface area (Å²) in [6, 6.07) is 4.88. The van der Waals surface area contributed by atoms with Crippen molar-refractivity contribution in [3.05, 3.63) is 28.8 Å². The zero-order chi connectivity index (χ0) is 22.9. The monoisotopic (exact) mass is 457 g/mol. The molecule has 1 heterocycles. The van der Waals surface area contributed by atoms with E-state index in [1.54, 1.807) is 12.7 Å². The minimum Gasteiger partial charge on any atom is -0.541 e. The summed E-state index contributed by atoms with van der Waals surface area (Å²) in [7, 11) is -0.205. The van der Waals surface area contributed by atoms with Crippen molar-refractivity contribution in [2.45, 2.75) is 83.5 Å². The van der Waals surface area contributed by atoms with Crippen LogP contribution in [-0.4, -0.2) is 46.6 Å². The molecule has 0 amide bonds. The van der Waals surface area contributed by atoms with Gasteiger partial charge in [-0.2, -0.15) is 0 Å². The highest BCUT2D eigenvalue weighted by Gasteiger charge is 2.40. The predicted molar refractivity (Wildman–Crippen MR) is 135 cm³/mol. The second-order valence-corrected chi connectivity index (χ2v) is 16.2. The summed E-state index contributed by atoms with van der Waals surface area (Å²) in [4.78, 5) is 2.63. The Morgan fingerprint density at radius 3 is 2.34 bits per heavy atom. The summed E-state index contributed by atoms with van der Waals surface area (Å²) < 4.78 is 18.3. The Bertz CT molecular complexity index is 830. The maximum absolute atomic E-state index is 6.78. The molecule has 1 unspecified atom stereocenters. The number of hydrogen-bond donors (Lipinski definition) is 0. The van der Waals surface area contributed by atoms with Crippen LogP contribution < -0.4 is 9.16 Å². The van der Waals surface area contributed by atoms with E-state index in [-0.39, 0.29) is 5.04 Å². The Balaban J connectivity index is 1.68. The highest BCUT2D eigenvalue weighted by molar-refractivity contribution is 6.74. The van der Waals surface area contributed by atoms with Gasteiger partial charge in [0.2, 0.25) is 0 Å². The molecule has 1 saturated carbocycles. The third-order valence-electron chi connectivity index (χ3n) is 8.19. The Hall–Kier alpha value is -1.30. The van der Waals surface area contributed by atoms with Gasteiger partial charge in [0.05, 0.1) is 26.4 Å². The van der Waals surface area contributed by atoms with Crippen LogP contribution in [0.3, 0.4) is 0 Å². The van der Waals surface area contributed by atoms with Crippen LogP contribution in [0.1, 0.15) is 76.5 Å². The molecule has 0 radical (unpaired) electrons. The zero-order valence-electron chi connectivity index (χ0n) is 21.1. The van der Waals surface area contributed by atoms with E-state index in [4.69, 9.17) is 13.9 Å². The fourth-order valence-electron chi connectivity index (χ4n) is 5.26. The largest absolute Gasteiger partial charge is 0.541 e. The molecule has 5 heteroatoms. The van der Waals surface area contributed by atoms with Gasteiger partial charge in [-0.3, -0.25) is 4.90 Å². The van der Waals surface area contributed by atoms with Crippen LogP contribution >= 0.6 is 0 Å². The quantitative estimate of drug-likeness (QED) is 0.439. The van der Waals surface area contributed by atoms with Crippen molar-refractivity contribution >= 4 is 14.4 Å². The van der Waals surface area contributed by atoms with Gasteiger partial charge >= 0.3 is 0 Å². The summed E-state index contributed by atoms with van der Waals surface area (Å²) in [6.07, 6.45) is 10.6.